The standard InChI is InChI=1S/C54H62N8O12/c1-34-26-40-30-55-44-29-46(35(2)27-43(44)53(69)62(40)31-34)73-22-7-9-48(65)57-47-33-60(5)51(58-47)52(68)56-39-13-11-37(12-14-39)38-28-45(59(4)32-38)54(70)74-36(3)10-15-42(64)19-23-72-25-24-71-21-6-8-41(63)18-20-61-49(66)16-17-50(61)67/h11-14,16-17,27-30,32-33,36,40H,1,6-10,15,18-26,31H2,2-5H3,(H,56,68)(H,57,65)/t36?,40-/m0/s1. The minimum atomic E-state index is -0.529. The number of imide groups is 1. The van der Waals surface area contributed by atoms with Gasteiger partial charge in [-0.05, 0) is 74.9 Å². The number of nitrogens with one attached hydrogen (secondary N) is 2. The first-order valence-corrected chi connectivity index (χ1v) is 24.7. The Balaban J connectivity index is 0.758. The number of aromatic nitrogens is 3. The molecule has 0 aliphatic carbocycles. The number of nitrogens with zero attached hydrogens (tertiary/aromatic N) is 6. The maximum atomic E-state index is 13.3. The minimum absolute atomic E-state index is 0.0248. The normalized spacial score (nSPS) is 15.3. The van der Waals surface area contributed by atoms with E-state index >= 15 is 0 Å². The first kappa shape index (κ1) is 53.9. The number of amides is 5. The Bertz CT molecular complexity index is 2840. The summed E-state index contributed by atoms with van der Waals surface area (Å²) in [4.78, 5) is 112. The summed E-state index contributed by atoms with van der Waals surface area (Å²) in [5.41, 5.74) is 5.24. The lowest BCUT2D eigenvalue weighted by Crippen LogP contribution is -2.35. The highest BCUT2D eigenvalue weighted by Gasteiger charge is 2.34. The number of carbonyl (C=O) groups excluding carboxylic acids is 8. The molecule has 2 aromatic carbocycles. The van der Waals surface area contributed by atoms with Crippen LogP contribution in [0.25, 0.3) is 11.1 Å². The fourth-order valence-electron chi connectivity index (χ4n) is 8.52. The van der Waals surface area contributed by atoms with Crippen molar-refractivity contribution in [2.45, 2.75) is 83.8 Å². The number of aliphatic imine (C=N–C) groups is 1. The Hall–Kier alpha value is -7.84. The zero-order valence-corrected chi connectivity index (χ0v) is 42.2. The van der Waals surface area contributed by atoms with Crippen molar-refractivity contribution >= 4 is 70.5 Å². The van der Waals surface area contributed by atoms with Crippen LogP contribution in [0.5, 0.6) is 5.75 Å². The molecule has 4 aromatic rings. The van der Waals surface area contributed by atoms with Crippen molar-refractivity contribution in [3.05, 3.63) is 102 Å². The molecule has 3 aliphatic rings. The largest absolute Gasteiger partial charge is 0.493 e. The van der Waals surface area contributed by atoms with E-state index in [2.05, 4.69) is 27.2 Å². The van der Waals surface area contributed by atoms with Crippen LogP contribution in [-0.2, 0) is 52.3 Å². The lowest BCUT2D eigenvalue weighted by molar-refractivity contribution is -0.137. The molecule has 390 valence electrons. The van der Waals surface area contributed by atoms with Gasteiger partial charge in [0.15, 0.2) is 5.82 Å². The van der Waals surface area contributed by atoms with Gasteiger partial charge in [0, 0.05) is 114 Å². The van der Waals surface area contributed by atoms with Crippen molar-refractivity contribution in [1.82, 2.24) is 23.9 Å². The third-order valence-electron chi connectivity index (χ3n) is 12.6. The van der Waals surface area contributed by atoms with Gasteiger partial charge in [-0.2, -0.15) is 0 Å². The molecular weight excluding hydrogens is 953 g/mol. The number of rotatable bonds is 27. The molecule has 20 nitrogen and oxygen atoms in total. The Morgan fingerprint density at radius 3 is 2.27 bits per heavy atom. The van der Waals surface area contributed by atoms with E-state index in [1.54, 1.807) is 91.6 Å². The van der Waals surface area contributed by atoms with Crippen molar-refractivity contribution in [3.63, 3.8) is 0 Å². The molecule has 20 heteroatoms. The Labute approximate surface area is 428 Å². The Morgan fingerprint density at radius 1 is 0.797 bits per heavy atom. The average molecular weight is 1020 g/mol. The molecule has 2 aromatic heterocycles. The second kappa shape index (κ2) is 25.2. The zero-order chi connectivity index (χ0) is 52.9. The number of imidazole rings is 1. The number of aryl methyl sites for hydroxylation is 3. The summed E-state index contributed by atoms with van der Waals surface area (Å²) >= 11 is 0. The van der Waals surface area contributed by atoms with Gasteiger partial charge in [-0.15, -0.1) is 0 Å². The van der Waals surface area contributed by atoms with Crippen molar-refractivity contribution in [2.24, 2.45) is 19.1 Å². The summed E-state index contributed by atoms with van der Waals surface area (Å²) < 4.78 is 25.8. The fourth-order valence-corrected chi connectivity index (χ4v) is 8.52. The van der Waals surface area contributed by atoms with E-state index in [1.165, 1.54) is 16.7 Å². The highest BCUT2D eigenvalue weighted by molar-refractivity contribution is 6.13. The fraction of sp³-hybridized carbons (Fsp3) is 0.407. The highest BCUT2D eigenvalue weighted by Crippen LogP contribution is 2.35. The summed E-state index contributed by atoms with van der Waals surface area (Å²) in [6.07, 6.45) is 9.91. The summed E-state index contributed by atoms with van der Waals surface area (Å²) in [6, 6.07) is 12.2. The van der Waals surface area contributed by atoms with Gasteiger partial charge in [-0.1, -0.05) is 24.3 Å². The predicted octanol–water partition coefficient (Wildman–Crippen LogP) is 6.25. The molecular formula is C54H62N8O12. The van der Waals surface area contributed by atoms with E-state index in [9.17, 15) is 38.4 Å². The number of fused-ring (bicyclic) bond motifs is 2. The summed E-state index contributed by atoms with van der Waals surface area (Å²) in [6.45, 7) is 9.65. The third kappa shape index (κ3) is 14.4. The number of ether oxygens (including phenoxy) is 4. The van der Waals surface area contributed by atoms with Crippen molar-refractivity contribution in [2.75, 3.05) is 56.8 Å². The second-order valence-electron chi connectivity index (χ2n) is 18.5. The topological polar surface area (TPSA) is 239 Å². The van der Waals surface area contributed by atoms with Crippen LogP contribution in [0.3, 0.4) is 0 Å². The molecule has 5 amide bonds. The third-order valence-corrected chi connectivity index (χ3v) is 12.6. The smallest absolute Gasteiger partial charge is 0.355 e. The highest BCUT2D eigenvalue weighted by atomic mass is 16.5. The van der Waals surface area contributed by atoms with Crippen LogP contribution in [0.15, 0.2) is 84.2 Å². The van der Waals surface area contributed by atoms with Crippen LogP contribution in [0.2, 0.25) is 0 Å². The van der Waals surface area contributed by atoms with Gasteiger partial charge in [-0.25, -0.2) is 9.78 Å². The number of hydrogen-bond acceptors (Lipinski definition) is 14. The number of benzene rings is 2. The molecule has 3 aliphatic heterocycles. The first-order valence-electron chi connectivity index (χ1n) is 24.7. The van der Waals surface area contributed by atoms with E-state index in [4.69, 9.17) is 18.9 Å². The number of carbonyl (C=O) groups is 8. The maximum absolute atomic E-state index is 13.3. The average Bonchev–Trinajstić information content (AvgIpc) is 4.13. The lowest BCUT2D eigenvalue weighted by atomic mass is 10.1. The van der Waals surface area contributed by atoms with Gasteiger partial charge in [0.1, 0.15) is 23.0 Å². The molecule has 2 N–H and O–H groups in total. The summed E-state index contributed by atoms with van der Waals surface area (Å²) in [5, 5.41) is 5.58. The number of esters is 1. The molecule has 0 saturated carbocycles. The van der Waals surface area contributed by atoms with Gasteiger partial charge in [0.05, 0.1) is 49.8 Å². The number of anilines is 2. The molecule has 0 radical (unpaired) electrons. The predicted molar refractivity (Wildman–Crippen MR) is 273 cm³/mol. The van der Waals surface area contributed by atoms with Gasteiger partial charge < -0.3 is 43.6 Å². The lowest BCUT2D eigenvalue weighted by Gasteiger charge is -2.20. The first-order chi connectivity index (χ1) is 35.5. The molecule has 0 bridgehead atoms. The number of Topliss-reactive ketones (excluding diaryl/α,β-unsaturated/α-hetero) is 2. The molecule has 1 unspecified atom stereocenters. The molecule has 1 saturated heterocycles. The van der Waals surface area contributed by atoms with E-state index in [1.807, 2.05) is 6.92 Å². The summed E-state index contributed by atoms with van der Waals surface area (Å²) in [5.74, 6) is -1.38. The summed E-state index contributed by atoms with van der Waals surface area (Å²) in [7, 11) is 3.39. The molecule has 1 fully saturated rings. The van der Waals surface area contributed by atoms with E-state index in [0.717, 1.165) is 27.2 Å². The number of hydrogen-bond donors (Lipinski definition) is 2. The maximum Gasteiger partial charge on any atom is 0.355 e. The van der Waals surface area contributed by atoms with Gasteiger partial charge in [0.2, 0.25) is 11.7 Å². The van der Waals surface area contributed by atoms with Crippen molar-refractivity contribution in [3.8, 4) is 16.9 Å². The van der Waals surface area contributed by atoms with Gasteiger partial charge >= 0.3 is 5.97 Å². The van der Waals surface area contributed by atoms with Gasteiger partial charge in [0.25, 0.3) is 23.6 Å². The number of ketones is 2. The van der Waals surface area contributed by atoms with Crippen LogP contribution in [0, 0.1) is 6.92 Å². The molecule has 74 heavy (non-hydrogen) atoms. The quantitative estimate of drug-likeness (QED) is 0.0291. The SMILES string of the molecule is C=C1C[C@H]2C=Nc3cc(OCCCC(=O)Nc4cn(C)c(C(=O)Nc5ccc(-c6cc(C(=O)OC(C)CCC(=O)CCOCCOCCCC(=O)CCN7C(=O)C=CC7=O)n(C)c6)cc5)n4)c(C)cc3C(=O)N2C1. The molecule has 2 atom stereocenters. The molecule has 0 spiro atoms. The van der Waals surface area contributed by atoms with E-state index in [0.29, 0.717) is 73.8 Å². The second-order valence-corrected chi connectivity index (χ2v) is 18.5. The van der Waals surface area contributed by atoms with E-state index in [-0.39, 0.29) is 99.5 Å². The molecule has 7 rings (SSSR count). The van der Waals surface area contributed by atoms with Crippen LogP contribution in [-0.4, -0.2) is 135 Å². The Morgan fingerprint density at radius 2 is 1.51 bits per heavy atom. The van der Waals surface area contributed by atoms with Crippen LogP contribution < -0.4 is 15.4 Å². The monoisotopic (exact) mass is 1010 g/mol. The van der Waals surface area contributed by atoms with Crippen LogP contribution in [0.1, 0.15) is 102 Å². The van der Waals surface area contributed by atoms with Crippen molar-refractivity contribution in [1.29, 1.82) is 0 Å². The van der Waals surface area contributed by atoms with Gasteiger partial charge in [-0.3, -0.25) is 43.5 Å². The van der Waals surface area contributed by atoms with Crippen molar-refractivity contribution < 1.29 is 57.3 Å². The molecule has 5 heterocycles. The van der Waals surface area contributed by atoms with Crippen LogP contribution >= 0.6 is 0 Å². The van der Waals surface area contributed by atoms with Crippen LogP contribution in [0.4, 0.5) is 17.2 Å². The zero-order valence-electron chi connectivity index (χ0n) is 42.2. The Kier molecular flexibility index (Phi) is 18.4. The van der Waals surface area contributed by atoms with E-state index < -0.39 is 29.8 Å². The minimum Gasteiger partial charge on any atom is -0.493 e.